The number of amides is 1. The maximum Gasteiger partial charge on any atom is 0.240 e. The van der Waals surface area contributed by atoms with Crippen molar-refractivity contribution in [1.82, 2.24) is 10.0 Å². The van der Waals surface area contributed by atoms with Crippen LogP contribution in [0.1, 0.15) is 19.8 Å². The van der Waals surface area contributed by atoms with E-state index in [9.17, 15) is 13.2 Å². The summed E-state index contributed by atoms with van der Waals surface area (Å²) in [4.78, 5) is 11.5. The molecule has 20 heavy (non-hydrogen) atoms. The van der Waals surface area contributed by atoms with Gasteiger partial charge in [-0.15, -0.1) is 0 Å². The van der Waals surface area contributed by atoms with E-state index in [0.29, 0.717) is 12.2 Å². The van der Waals surface area contributed by atoms with Crippen LogP contribution >= 0.6 is 0 Å². The molecule has 1 saturated carbocycles. The van der Waals surface area contributed by atoms with Crippen LogP contribution in [0.3, 0.4) is 0 Å². The lowest BCUT2D eigenvalue weighted by Crippen LogP contribution is -2.29. The first-order chi connectivity index (χ1) is 9.51. The van der Waals surface area contributed by atoms with E-state index >= 15 is 0 Å². The van der Waals surface area contributed by atoms with E-state index < -0.39 is 10.0 Å². The molecule has 3 N–H and O–H groups in total. The van der Waals surface area contributed by atoms with Crippen LogP contribution in [0.4, 0.5) is 5.69 Å². The molecular weight excluding hydrogens is 278 g/mol. The van der Waals surface area contributed by atoms with Gasteiger partial charge < -0.3 is 10.6 Å². The average molecular weight is 297 g/mol. The zero-order valence-corrected chi connectivity index (χ0v) is 12.2. The molecule has 0 bridgehead atoms. The Morgan fingerprint density at radius 1 is 1.25 bits per heavy atom. The third-order valence-electron chi connectivity index (χ3n) is 2.89. The van der Waals surface area contributed by atoms with Crippen LogP contribution in [0.15, 0.2) is 29.2 Å². The Hall–Kier alpha value is -1.60. The summed E-state index contributed by atoms with van der Waals surface area (Å²) in [6.45, 7) is 2.61. The summed E-state index contributed by atoms with van der Waals surface area (Å²) in [5, 5.41) is 5.61. The fourth-order valence-electron chi connectivity index (χ4n) is 1.68. The number of rotatable bonds is 7. The number of carbonyl (C=O) groups is 1. The molecule has 110 valence electrons. The summed E-state index contributed by atoms with van der Waals surface area (Å²) in [5.41, 5.74) is 0.710. The zero-order chi connectivity index (χ0) is 14.6. The molecule has 1 aromatic rings. The second kappa shape index (κ2) is 6.23. The summed E-state index contributed by atoms with van der Waals surface area (Å²) in [6.07, 6.45) is 1.82. The molecule has 7 heteroatoms. The Morgan fingerprint density at radius 2 is 1.90 bits per heavy atom. The Morgan fingerprint density at radius 3 is 2.45 bits per heavy atom. The molecule has 1 aliphatic carbocycles. The maximum atomic E-state index is 11.9. The number of anilines is 1. The molecule has 0 saturated heterocycles. The van der Waals surface area contributed by atoms with Crippen LogP contribution in [-0.4, -0.2) is 33.5 Å². The van der Waals surface area contributed by atoms with E-state index in [1.54, 1.807) is 12.1 Å². The third kappa shape index (κ3) is 4.21. The van der Waals surface area contributed by atoms with Crippen LogP contribution in [-0.2, 0) is 14.8 Å². The average Bonchev–Trinajstić information content (AvgIpc) is 3.20. The lowest BCUT2D eigenvalue weighted by atomic mass is 10.3. The minimum Gasteiger partial charge on any atom is -0.376 e. The number of hydrogen-bond donors (Lipinski definition) is 3. The third-order valence-corrected chi connectivity index (χ3v) is 4.43. The second-order valence-electron chi connectivity index (χ2n) is 4.73. The zero-order valence-electron chi connectivity index (χ0n) is 11.3. The molecule has 0 spiro atoms. The van der Waals surface area contributed by atoms with Crippen molar-refractivity contribution >= 4 is 21.6 Å². The van der Waals surface area contributed by atoms with Gasteiger partial charge in [0.05, 0.1) is 11.4 Å². The van der Waals surface area contributed by atoms with Gasteiger partial charge in [0.1, 0.15) is 0 Å². The van der Waals surface area contributed by atoms with Crippen LogP contribution in [0.5, 0.6) is 0 Å². The van der Waals surface area contributed by atoms with Gasteiger partial charge in [-0.1, -0.05) is 0 Å². The van der Waals surface area contributed by atoms with Crippen molar-refractivity contribution in [2.24, 2.45) is 0 Å². The van der Waals surface area contributed by atoms with E-state index in [-0.39, 0.29) is 23.4 Å². The van der Waals surface area contributed by atoms with Gasteiger partial charge in [0, 0.05) is 18.3 Å². The highest BCUT2D eigenvalue weighted by Crippen LogP contribution is 2.22. The smallest absolute Gasteiger partial charge is 0.240 e. The van der Waals surface area contributed by atoms with Gasteiger partial charge in [-0.05, 0) is 44.0 Å². The fourth-order valence-corrected chi connectivity index (χ4v) is 2.99. The summed E-state index contributed by atoms with van der Waals surface area (Å²) in [5.74, 6) is -0.0976. The first kappa shape index (κ1) is 14.8. The Kier molecular flexibility index (Phi) is 4.61. The Balaban J connectivity index is 1.93. The minimum atomic E-state index is -3.41. The SMILES string of the molecule is CCNC(=O)CNc1ccc(S(=O)(=O)NC2CC2)cc1. The monoisotopic (exact) mass is 297 g/mol. The van der Waals surface area contributed by atoms with E-state index in [4.69, 9.17) is 0 Å². The molecule has 0 aliphatic heterocycles. The molecule has 0 unspecified atom stereocenters. The van der Waals surface area contributed by atoms with Crippen LogP contribution in [0, 0.1) is 0 Å². The van der Waals surface area contributed by atoms with Gasteiger partial charge >= 0.3 is 0 Å². The predicted molar refractivity (Wildman–Crippen MR) is 77.0 cm³/mol. The molecule has 1 aromatic carbocycles. The first-order valence-electron chi connectivity index (χ1n) is 6.64. The number of carbonyl (C=O) groups excluding carboxylic acids is 1. The standard InChI is InChI=1S/C13H19N3O3S/c1-2-14-13(17)9-15-10-5-7-12(8-6-10)20(18,19)16-11-3-4-11/h5-8,11,15-16H,2-4,9H2,1H3,(H,14,17). The minimum absolute atomic E-state index is 0.0931. The van der Waals surface area contributed by atoms with Crippen molar-refractivity contribution in [3.8, 4) is 0 Å². The highest BCUT2D eigenvalue weighted by molar-refractivity contribution is 7.89. The van der Waals surface area contributed by atoms with Gasteiger partial charge in [0.25, 0.3) is 0 Å². The van der Waals surface area contributed by atoms with Crippen molar-refractivity contribution in [2.75, 3.05) is 18.4 Å². The number of benzene rings is 1. The van der Waals surface area contributed by atoms with Crippen molar-refractivity contribution < 1.29 is 13.2 Å². The topological polar surface area (TPSA) is 87.3 Å². The van der Waals surface area contributed by atoms with Gasteiger partial charge in [0.2, 0.25) is 15.9 Å². The van der Waals surface area contributed by atoms with Crippen LogP contribution in [0.25, 0.3) is 0 Å². The Bertz CT molecular complexity index is 565. The van der Waals surface area contributed by atoms with Gasteiger partial charge in [-0.25, -0.2) is 13.1 Å². The van der Waals surface area contributed by atoms with E-state index in [2.05, 4.69) is 15.4 Å². The largest absolute Gasteiger partial charge is 0.376 e. The van der Waals surface area contributed by atoms with Gasteiger partial charge in [-0.2, -0.15) is 0 Å². The summed E-state index contributed by atoms with van der Waals surface area (Å²) < 4.78 is 26.5. The lowest BCUT2D eigenvalue weighted by Gasteiger charge is -2.08. The molecule has 1 aliphatic rings. The predicted octanol–water partition coefficient (Wildman–Crippen LogP) is 0.675. The normalized spacial score (nSPS) is 14.8. The van der Waals surface area contributed by atoms with Crippen molar-refractivity contribution in [1.29, 1.82) is 0 Å². The van der Waals surface area contributed by atoms with E-state index in [1.807, 2.05) is 6.92 Å². The highest BCUT2D eigenvalue weighted by atomic mass is 32.2. The van der Waals surface area contributed by atoms with E-state index in [1.165, 1.54) is 12.1 Å². The maximum absolute atomic E-state index is 11.9. The summed E-state index contributed by atoms with van der Waals surface area (Å²) in [7, 11) is -3.41. The molecular formula is C13H19N3O3S. The fraction of sp³-hybridized carbons (Fsp3) is 0.462. The molecule has 1 fully saturated rings. The molecule has 0 heterocycles. The van der Waals surface area contributed by atoms with Gasteiger partial charge in [0.15, 0.2) is 0 Å². The second-order valence-corrected chi connectivity index (χ2v) is 6.44. The van der Waals surface area contributed by atoms with Crippen molar-refractivity contribution in [3.05, 3.63) is 24.3 Å². The van der Waals surface area contributed by atoms with Gasteiger partial charge in [-0.3, -0.25) is 4.79 Å². The molecule has 1 amide bonds. The molecule has 2 rings (SSSR count). The molecule has 0 atom stereocenters. The quantitative estimate of drug-likeness (QED) is 0.690. The highest BCUT2D eigenvalue weighted by Gasteiger charge is 2.27. The van der Waals surface area contributed by atoms with E-state index in [0.717, 1.165) is 12.8 Å². The number of sulfonamides is 1. The van der Waals surface area contributed by atoms with Crippen LogP contribution < -0.4 is 15.4 Å². The summed E-state index contributed by atoms with van der Waals surface area (Å²) in [6, 6.07) is 6.47. The van der Waals surface area contributed by atoms with Crippen molar-refractivity contribution in [3.63, 3.8) is 0 Å². The van der Waals surface area contributed by atoms with Crippen molar-refractivity contribution in [2.45, 2.75) is 30.7 Å². The molecule has 0 aromatic heterocycles. The number of hydrogen-bond acceptors (Lipinski definition) is 4. The summed E-state index contributed by atoms with van der Waals surface area (Å²) >= 11 is 0. The lowest BCUT2D eigenvalue weighted by molar-refractivity contribution is -0.119. The number of likely N-dealkylation sites (N-methyl/N-ethyl adjacent to an activating group) is 1. The Labute approximate surface area is 119 Å². The number of nitrogens with one attached hydrogen (secondary N) is 3. The van der Waals surface area contributed by atoms with Crippen LogP contribution in [0.2, 0.25) is 0 Å². The molecule has 6 nitrogen and oxygen atoms in total. The molecule has 0 radical (unpaired) electrons. The first-order valence-corrected chi connectivity index (χ1v) is 8.12.